The minimum Gasteiger partial charge on any atom is -0.484 e. The lowest BCUT2D eigenvalue weighted by Gasteiger charge is -2.05. The first-order chi connectivity index (χ1) is 11.1. The zero-order chi connectivity index (χ0) is 16.7. The van der Waals surface area contributed by atoms with Crippen molar-refractivity contribution in [3.8, 4) is 5.75 Å². The number of hydrazone groups is 1. The van der Waals surface area contributed by atoms with Crippen molar-refractivity contribution in [1.82, 2.24) is 5.43 Å². The second kappa shape index (κ2) is 8.43. The zero-order valence-electron chi connectivity index (χ0n) is 12.6. The number of nitrogens with zero attached hydrogens (tertiary/aromatic N) is 1. The number of nitrogens with one attached hydrogen (secondary N) is 1. The monoisotopic (exact) mass is 378 g/mol. The Morgan fingerprint density at radius 2 is 2.04 bits per heavy atom. The van der Waals surface area contributed by atoms with Gasteiger partial charge in [0.2, 0.25) is 0 Å². The van der Waals surface area contributed by atoms with Crippen molar-refractivity contribution >= 4 is 28.1 Å². The number of amides is 1. The quantitative estimate of drug-likeness (QED) is 0.615. The Bertz CT molecular complexity index is 702. The van der Waals surface area contributed by atoms with E-state index in [1.54, 1.807) is 12.1 Å². The minimum atomic E-state index is -0.420. The van der Waals surface area contributed by atoms with Gasteiger partial charge in [-0.05, 0) is 42.3 Å². The highest BCUT2D eigenvalue weighted by Crippen LogP contribution is 2.14. The van der Waals surface area contributed by atoms with Crippen molar-refractivity contribution in [2.24, 2.45) is 5.10 Å². The average molecular weight is 379 g/mol. The van der Waals surface area contributed by atoms with Crippen LogP contribution in [0.15, 0.2) is 52.0 Å². The summed E-state index contributed by atoms with van der Waals surface area (Å²) >= 11 is 3.24. The van der Waals surface area contributed by atoms with E-state index in [0.29, 0.717) is 5.75 Å². The summed E-state index contributed by atoms with van der Waals surface area (Å²) in [5.41, 5.74) is 3.76. The predicted octanol–water partition coefficient (Wildman–Crippen LogP) is 3.68. The molecular weight excluding hydrogens is 363 g/mol. The molecule has 0 heterocycles. The van der Waals surface area contributed by atoms with Gasteiger partial charge >= 0.3 is 0 Å². The van der Waals surface area contributed by atoms with Crippen LogP contribution >= 0.6 is 15.9 Å². The molecule has 1 N–H and O–H groups in total. The Balaban J connectivity index is 1.82. The van der Waals surface area contributed by atoms with Gasteiger partial charge in [-0.2, -0.15) is 5.10 Å². The molecule has 23 heavy (non-hydrogen) atoms. The Hall–Kier alpha value is -2.21. The van der Waals surface area contributed by atoms with Crippen LogP contribution in [0.1, 0.15) is 18.1 Å². The fourth-order valence-corrected chi connectivity index (χ4v) is 2.17. The maximum Gasteiger partial charge on any atom is 0.277 e. The SMILES string of the molecule is CCc1ccc(OCC(=O)N/N=C\c2cc(Br)ccc2F)cc1. The van der Waals surface area contributed by atoms with Crippen molar-refractivity contribution < 1.29 is 13.9 Å². The van der Waals surface area contributed by atoms with Crippen LogP contribution in [-0.4, -0.2) is 18.7 Å². The maximum absolute atomic E-state index is 13.5. The van der Waals surface area contributed by atoms with Crippen LogP contribution in [-0.2, 0) is 11.2 Å². The summed E-state index contributed by atoms with van der Waals surface area (Å²) in [5.74, 6) is -0.228. The largest absolute Gasteiger partial charge is 0.484 e. The van der Waals surface area contributed by atoms with Crippen molar-refractivity contribution in [2.75, 3.05) is 6.61 Å². The topological polar surface area (TPSA) is 50.7 Å². The summed E-state index contributed by atoms with van der Waals surface area (Å²) in [4.78, 5) is 11.6. The summed E-state index contributed by atoms with van der Waals surface area (Å²) in [6.45, 7) is 1.90. The normalized spacial score (nSPS) is 10.7. The smallest absolute Gasteiger partial charge is 0.277 e. The minimum absolute atomic E-state index is 0.163. The predicted molar refractivity (Wildman–Crippen MR) is 91.2 cm³/mol. The highest BCUT2D eigenvalue weighted by atomic mass is 79.9. The standard InChI is InChI=1S/C17H16BrFN2O2/c1-2-12-3-6-15(7-4-12)23-11-17(22)21-20-10-13-9-14(18)5-8-16(13)19/h3-10H,2,11H2,1H3,(H,21,22)/b20-10-. The molecule has 2 aromatic carbocycles. The first-order valence-electron chi connectivity index (χ1n) is 7.07. The van der Waals surface area contributed by atoms with Crippen LogP contribution in [0, 0.1) is 5.82 Å². The average Bonchev–Trinajstić information content (AvgIpc) is 2.56. The molecule has 2 aromatic rings. The molecule has 0 aliphatic carbocycles. The van der Waals surface area contributed by atoms with Crippen molar-refractivity contribution in [3.05, 3.63) is 63.9 Å². The van der Waals surface area contributed by atoms with E-state index in [1.807, 2.05) is 24.3 Å². The fraction of sp³-hybridized carbons (Fsp3) is 0.176. The number of ether oxygens (including phenoxy) is 1. The van der Waals surface area contributed by atoms with Gasteiger partial charge in [-0.25, -0.2) is 9.82 Å². The van der Waals surface area contributed by atoms with Crippen LogP contribution in [0.3, 0.4) is 0 Å². The van der Waals surface area contributed by atoms with Crippen LogP contribution < -0.4 is 10.2 Å². The van der Waals surface area contributed by atoms with E-state index >= 15 is 0 Å². The van der Waals surface area contributed by atoms with Gasteiger partial charge < -0.3 is 4.74 Å². The molecule has 0 aliphatic rings. The zero-order valence-corrected chi connectivity index (χ0v) is 14.1. The van der Waals surface area contributed by atoms with Crippen LogP contribution in [0.5, 0.6) is 5.75 Å². The van der Waals surface area contributed by atoms with Gasteiger partial charge in [0.1, 0.15) is 11.6 Å². The van der Waals surface area contributed by atoms with Gasteiger partial charge in [0.05, 0.1) is 6.21 Å². The van der Waals surface area contributed by atoms with E-state index in [9.17, 15) is 9.18 Å². The molecule has 4 nitrogen and oxygen atoms in total. The van der Waals surface area contributed by atoms with E-state index in [2.05, 4.69) is 33.4 Å². The number of hydrogen-bond donors (Lipinski definition) is 1. The summed E-state index contributed by atoms with van der Waals surface area (Å²) in [6.07, 6.45) is 2.19. The van der Waals surface area contributed by atoms with E-state index in [4.69, 9.17) is 4.74 Å². The third-order valence-corrected chi connectivity index (χ3v) is 3.55. The van der Waals surface area contributed by atoms with E-state index in [0.717, 1.165) is 10.9 Å². The number of benzene rings is 2. The Kier molecular flexibility index (Phi) is 6.29. The fourth-order valence-electron chi connectivity index (χ4n) is 1.79. The number of halogens is 2. The molecule has 0 radical (unpaired) electrons. The second-order valence-corrected chi connectivity index (χ2v) is 5.66. The summed E-state index contributed by atoms with van der Waals surface area (Å²) in [6, 6.07) is 12.0. The molecule has 6 heteroatoms. The summed E-state index contributed by atoms with van der Waals surface area (Å²) in [5, 5.41) is 3.72. The summed E-state index contributed by atoms with van der Waals surface area (Å²) < 4.78 is 19.5. The molecule has 0 saturated carbocycles. The third-order valence-electron chi connectivity index (χ3n) is 3.05. The maximum atomic E-state index is 13.5. The number of hydrogen-bond acceptors (Lipinski definition) is 3. The molecule has 0 bridgehead atoms. The van der Waals surface area contributed by atoms with Gasteiger partial charge in [0.15, 0.2) is 6.61 Å². The lowest BCUT2D eigenvalue weighted by molar-refractivity contribution is -0.123. The second-order valence-electron chi connectivity index (χ2n) is 4.75. The molecule has 0 saturated heterocycles. The van der Waals surface area contributed by atoms with Crippen molar-refractivity contribution in [3.63, 3.8) is 0 Å². The molecule has 0 fully saturated rings. The van der Waals surface area contributed by atoms with Crippen molar-refractivity contribution in [1.29, 1.82) is 0 Å². The number of rotatable bonds is 6. The first-order valence-corrected chi connectivity index (χ1v) is 7.86. The molecule has 0 aliphatic heterocycles. The number of aryl methyl sites for hydroxylation is 1. The van der Waals surface area contributed by atoms with Crippen molar-refractivity contribution in [2.45, 2.75) is 13.3 Å². The molecule has 1 amide bonds. The molecule has 2 rings (SSSR count). The Morgan fingerprint density at radius 3 is 2.74 bits per heavy atom. The number of carbonyl (C=O) groups excluding carboxylic acids is 1. The van der Waals surface area contributed by atoms with Crippen LogP contribution in [0.2, 0.25) is 0 Å². The Labute approximate surface area is 142 Å². The molecule has 120 valence electrons. The molecule has 0 unspecified atom stereocenters. The van der Waals surface area contributed by atoms with Crippen LogP contribution in [0.25, 0.3) is 0 Å². The lowest BCUT2D eigenvalue weighted by Crippen LogP contribution is -2.24. The molecular formula is C17H16BrFN2O2. The molecule has 0 aromatic heterocycles. The van der Waals surface area contributed by atoms with E-state index in [1.165, 1.54) is 17.8 Å². The van der Waals surface area contributed by atoms with Gasteiger partial charge in [0, 0.05) is 10.0 Å². The van der Waals surface area contributed by atoms with Crippen LogP contribution in [0.4, 0.5) is 4.39 Å². The van der Waals surface area contributed by atoms with E-state index in [-0.39, 0.29) is 12.2 Å². The van der Waals surface area contributed by atoms with Gasteiger partial charge in [-0.15, -0.1) is 0 Å². The molecule has 0 spiro atoms. The van der Waals surface area contributed by atoms with E-state index < -0.39 is 11.7 Å². The number of carbonyl (C=O) groups is 1. The Morgan fingerprint density at radius 1 is 1.30 bits per heavy atom. The van der Waals surface area contributed by atoms with Gasteiger partial charge in [0.25, 0.3) is 5.91 Å². The lowest BCUT2D eigenvalue weighted by atomic mass is 10.2. The summed E-state index contributed by atoms with van der Waals surface area (Å²) in [7, 11) is 0. The highest BCUT2D eigenvalue weighted by Gasteiger charge is 2.03. The first kappa shape index (κ1) is 17.1. The molecule has 0 atom stereocenters. The highest BCUT2D eigenvalue weighted by molar-refractivity contribution is 9.10. The van der Waals surface area contributed by atoms with Gasteiger partial charge in [-0.1, -0.05) is 35.0 Å². The third kappa shape index (κ3) is 5.49. The van der Waals surface area contributed by atoms with Gasteiger partial charge in [-0.3, -0.25) is 4.79 Å².